The third-order valence-corrected chi connectivity index (χ3v) is 17.1. The van der Waals surface area contributed by atoms with Gasteiger partial charge in [0, 0.05) is 10.8 Å². The molecule has 3 unspecified atom stereocenters. The minimum absolute atomic E-state index is 0.0190. The molecule has 57 heavy (non-hydrogen) atoms. The monoisotopic (exact) mass is 816 g/mol. The fraction of sp³-hybridized carbons (Fsp3) is 0.952. The van der Waals surface area contributed by atoms with Crippen LogP contribution in [0.25, 0.3) is 0 Å². The Hall–Kier alpha value is -0.860. The Morgan fingerprint density at radius 2 is 1.28 bits per heavy atom. The van der Waals surface area contributed by atoms with Gasteiger partial charge in [0.2, 0.25) is 0 Å². The molecule has 11 N–H and O–H groups in total. The van der Waals surface area contributed by atoms with Crippen molar-refractivity contribution >= 4 is 0 Å². The summed E-state index contributed by atoms with van der Waals surface area (Å²) in [5.74, 6) is 0.131. The van der Waals surface area contributed by atoms with E-state index in [1.54, 1.807) is 0 Å². The zero-order valence-corrected chi connectivity index (χ0v) is 34.4. The van der Waals surface area contributed by atoms with Crippen LogP contribution in [0.15, 0.2) is 11.6 Å². The Morgan fingerprint density at radius 3 is 1.88 bits per heavy atom. The summed E-state index contributed by atoms with van der Waals surface area (Å²) in [5, 5.41) is 116. The molecule has 0 radical (unpaired) electrons. The van der Waals surface area contributed by atoms with Gasteiger partial charge in [-0.05, 0) is 105 Å². The quantitative estimate of drug-likeness (QED) is 0.0922. The second-order valence-corrected chi connectivity index (χ2v) is 19.8. The lowest BCUT2D eigenvalue weighted by atomic mass is 9.33. The van der Waals surface area contributed by atoms with E-state index in [0.717, 1.165) is 44.1 Å². The first-order valence-corrected chi connectivity index (χ1v) is 21.3. The van der Waals surface area contributed by atoms with Gasteiger partial charge >= 0.3 is 0 Å². The van der Waals surface area contributed by atoms with E-state index in [1.165, 1.54) is 0 Å². The van der Waals surface area contributed by atoms with Gasteiger partial charge in [0.05, 0.1) is 45.2 Å². The summed E-state index contributed by atoms with van der Waals surface area (Å²) >= 11 is 0. The van der Waals surface area contributed by atoms with E-state index in [-0.39, 0.29) is 53.8 Å². The zero-order chi connectivity index (χ0) is 41.9. The first-order chi connectivity index (χ1) is 26.8. The van der Waals surface area contributed by atoms with E-state index in [4.69, 9.17) is 18.9 Å². The van der Waals surface area contributed by atoms with Crippen LogP contribution in [0.1, 0.15) is 98.8 Å². The zero-order valence-electron chi connectivity index (χ0n) is 34.4. The van der Waals surface area contributed by atoms with Crippen LogP contribution in [0.2, 0.25) is 0 Å². The van der Waals surface area contributed by atoms with Crippen molar-refractivity contribution in [1.29, 1.82) is 0 Å². The number of ether oxygens (including phenoxy) is 4. The molecule has 2 saturated heterocycles. The molecule has 4 aliphatic carbocycles. The molecule has 330 valence electrons. The van der Waals surface area contributed by atoms with Crippen LogP contribution in [0.4, 0.5) is 0 Å². The first kappa shape index (κ1) is 45.7. The van der Waals surface area contributed by atoms with Crippen LogP contribution in [-0.4, -0.2) is 163 Å². The number of hydrogen-bond acceptors (Lipinski definition) is 15. The number of hydrogen-bond donors (Lipinski definition) is 11. The van der Waals surface area contributed by atoms with Gasteiger partial charge in [-0.3, -0.25) is 0 Å². The van der Waals surface area contributed by atoms with E-state index < -0.39 is 97.7 Å². The maximum atomic E-state index is 12.2. The number of rotatable bonds is 12. The molecule has 2 aliphatic heterocycles. The van der Waals surface area contributed by atoms with Gasteiger partial charge < -0.3 is 75.1 Å². The van der Waals surface area contributed by atoms with Crippen molar-refractivity contribution < 1.29 is 75.1 Å². The molecule has 0 bridgehead atoms. The maximum Gasteiger partial charge on any atom is 0.186 e. The Bertz CT molecular complexity index is 1400. The van der Waals surface area contributed by atoms with Gasteiger partial charge in [0.25, 0.3) is 0 Å². The Kier molecular flexibility index (Phi) is 13.7. The molecule has 6 aliphatic rings. The van der Waals surface area contributed by atoms with E-state index >= 15 is 0 Å². The average Bonchev–Trinajstić information content (AvgIpc) is 3.19. The van der Waals surface area contributed by atoms with E-state index in [0.29, 0.717) is 25.7 Å². The Labute approximate surface area is 336 Å². The molecule has 15 heteroatoms. The number of allylic oxidation sites excluding steroid dienone is 1. The predicted octanol–water partition coefficient (Wildman–Crippen LogP) is 0.0954. The molecule has 20 atom stereocenters. The van der Waals surface area contributed by atoms with Crippen molar-refractivity contribution in [1.82, 2.24) is 0 Å². The number of aliphatic hydroxyl groups excluding tert-OH is 11. The Morgan fingerprint density at radius 1 is 0.667 bits per heavy atom. The van der Waals surface area contributed by atoms with Gasteiger partial charge in [-0.2, -0.15) is 0 Å². The molecular weight excluding hydrogens is 744 g/mol. The minimum atomic E-state index is -1.63. The molecular formula is C42H72O15. The van der Waals surface area contributed by atoms with Crippen molar-refractivity contribution in [2.75, 3.05) is 33.0 Å². The van der Waals surface area contributed by atoms with Crippen molar-refractivity contribution in [2.24, 2.45) is 44.8 Å². The molecule has 15 nitrogen and oxygen atoms in total. The molecule has 6 rings (SSSR count). The lowest BCUT2D eigenvalue weighted by molar-refractivity contribution is -0.346. The summed E-state index contributed by atoms with van der Waals surface area (Å²) in [4.78, 5) is 0. The van der Waals surface area contributed by atoms with Gasteiger partial charge in [-0.1, -0.05) is 39.3 Å². The molecule has 0 spiro atoms. The molecule has 0 aromatic rings. The first-order valence-electron chi connectivity index (χ1n) is 21.3. The third kappa shape index (κ3) is 7.49. The number of aliphatic hydroxyl groups is 11. The molecule has 0 amide bonds. The lowest BCUT2D eigenvalue weighted by Gasteiger charge is -2.72. The van der Waals surface area contributed by atoms with E-state index in [2.05, 4.69) is 20.8 Å². The summed E-state index contributed by atoms with van der Waals surface area (Å²) < 4.78 is 24.5. The van der Waals surface area contributed by atoms with Gasteiger partial charge in [-0.15, -0.1) is 0 Å². The Balaban J connectivity index is 1.30. The standard InChI is InChI=1S/C42H72O15/c1-22(17-43)7-6-12-42(20-46)16-15-40(4)23(35(42)53)8-9-27-38(2)13-11-28(57-37-34(52)32(50)30(48)25(19-45)56-37)39(3,26(38)10-14-41(27,40)5)21-54-36-33(51)31(49)29(47)24(18-44)55-36/h7,23-37,43-53H,6,8-21H2,1-5H3/b22-7-/t23?,24-,25-,26?,27?,28+,29-,30-,31+,32+,33-,34-,35-,36-,37+,38+,39+,40-,41-,42-/m1/s1. The smallest absolute Gasteiger partial charge is 0.186 e. The number of fused-ring (bicyclic) bond motifs is 5. The SMILES string of the molecule is C/C(=C/CC[C@]1(CO)CC[C@]2(C)C(CCC3[C@@]4(C)CC[C@H](O[C@@H]5O[C@H](CO)[C@@H](O)[C@H](O)[C@H]5O)[C@@](C)(CO[C@@H]5O[C@H](CO)[C@@H](O)[C@H](O)[C@H]5O)C4CC[C@]32C)[C@H]1O)CO. The highest BCUT2D eigenvalue weighted by atomic mass is 16.7. The highest BCUT2D eigenvalue weighted by molar-refractivity contribution is 5.19. The predicted molar refractivity (Wildman–Crippen MR) is 204 cm³/mol. The van der Waals surface area contributed by atoms with Crippen LogP contribution in [0, 0.1) is 44.8 Å². The highest BCUT2D eigenvalue weighted by Gasteiger charge is 2.70. The fourth-order valence-electron chi connectivity index (χ4n) is 13.2. The van der Waals surface area contributed by atoms with Crippen LogP contribution in [-0.2, 0) is 18.9 Å². The van der Waals surface area contributed by atoms with Crippen molar-refractivity contribution in [2.45, 2.75) is 172 Å². The summed E-state index contributed by atoms with van der Waals surface area (Å²) in [6.45, 7) is 9.55. The summed E-state index contributed by atoms with van der Waals surface area (Å²) in [6.07, 6.45) is -6.78. The van der Waals surface area contributed by atoms with E-state index in [1.807, 2.05) is 19.9 Å². The van der Waals surface area contributed by atoms with Crippen LogP contribution in [0.5, 0.6) is 0 Å². The van der Waals surface area contributed by atoms with Crippen LogP contribution >= 0.6 is 0 Å². The van der Waals surface area contributed by atoms with Gasteiger partial charge in [0.15, 0.2) is 12.6 Å². The summed E-state index contributed by atoms with van der Waals surface area (Å²) in [6, 6.07) is 0. The lowest BCUT2D eigenvalue weighted by Crippen LogP contribution is -2.69. The van der Waals surface area contributed by atoms with E-state index in [9.17, 15) is 56.2 Å². The molecule has 4 saturated carbocycles. The second kappa shape index (κ2) is 17.1. The third-order valence-electron chi connectivity index (χ3n) is 17.1. The average molecular weight is 817 g/mol. The summed E-state index contributed by atoms with van der Waals surface area (Å²) in [7, 11) is 0. The normalized spacial score (nSPS) is 53.1. The van der Waals surface area contributed by atoms with Crippen molar-refractivity contribution in [3.63, 3.8) is 0 Å². The van der Waals surface area contributed by atoms with Gasteiger partial charge in [-0.25, -0.2) is 0 Å². The maximum absolute atomic E-state index is 12.2. The van der Waals surface area contributed by atoms with Gasteiger partial charge in [0.1, 0.15) is 48.8 Å². The fourth-order valence-corrected chi connectivity index (χ4v) is 13.2. The summed E-state index contributed by atoms with van der Waals surface area (Å²) in [5.41, 5.74) is -1.31. The molecule has 6 fully saturated rings. The molecule has 2 heterocycles. The van der Waals surface area contributed by atoms with Crippen LogP contribution < -0.4 is 0 Å². The largest absolute Gasteiger partial charge is 0.396 e. The van der Waals surface area contributed by atoms with Crippen LogP contribution in [0.3, 0.4) is 0 Å². The molecule has 0 aromatic carbocycles. The second-order valence-electron chi connectivity index (χ2n) is 19.8. The molecule has 0 aromatic heterocycles. The minimum Gasteiger partial charge on any atom is -0.396 e. The highest BCUT2D eigenvalue weighted by Crippen LogP contribution is 2.75. The topological polar surface area (TPSA) is 259 Å². The van der Waals surface area contributed by atoms with Crippen molar-refractivity contribution in [3.05, 3.63) is 11.6 Å². The van der Waals surface area contributed by atoms with Crippen molar-refractivity contribution in [3.8, 4) is 0 Å².